The van der Waals surface area contributed by atoms with Gasteiger partial charge in [0.05, 0.1) is 13.2 Å². The van der Waals surface area contributed by atoms with Crippen molar-refractivity contribution in [3.63, 3.8) is 0 Å². The number of rotatable bonds is 23. The third-order valence-corrected chi connectivity index (χ3v) is 6.06. The summed E-state index contributed by atoms with van der Waals surface area (Å²) in [6, 6.07) is 7.45. The van der Waals surface area contributed by atoms with Crippen molar-refractivity contribution in [3.05, 3.63) is 29.8 Å². The van der Waals surface area contributed by atoms with Crippen LogP contribution >= 0.6 is 11.6 Å². The summed E-state index contributed by atoms with van der Waals surface area (Å²) >= 11 is 5.55. The van der Waals surface area contributed by atoms with Crippen LogP contribution in [0.1, 0.15) is 120 Å². The second kappa shape index (κ2) is 21.8. The number of unbranched alkanes of at least 4 members (excludes halogenated alkanes) is 14. The molecule has 0 aromatic heterocycles. The highest BCUT2D eigenvalue weighted by Crippen LogP contribution is 2.16. The van der Waals surface area contributed by atoms with Gasteiger partial charge in [0.15, 0.2) is 5.78 Å². The quantitative estimate of drug-likeness (QED) is 0.0917. The Bertz CT molecular complexity index is 544. The van der Waals surface area contributed by atoms with E-state index in [1.165, 1.54) is 83.5 Å². The number of ether oxygens (including phenoxy) is 2. The molecule has 0 aliphatic heterocycles. The van der Waals surface area contributed by atoms with Crippen molar-refractivity contribution in [3.8, 4) is 5.75 Å². The van der Waals surface area contributed by atoms with Gasteiger partial charge in [-0.15, -0.1) is 11.6 Å². The molecule has 0 spiro atoms. The van der Waals surface area contributed by atoms with E-state index >= 15 is 0 Å². The molecule has 0 bridgehead atoms. The predicted molar refractivity (Wildman–Crippen MR) is 137 cm³/mol. The molecule has 0 radical (unpaired) electrons. The molecule has 1 aromatic carbocycles. The van der Waals surface area contributed by atoms with Crippen LogP contribution in [0.25, 0.3) is 0 Å². The first-order chi connectivity index (χ1) is 15.8. The van der Waals surface area contributed by atoms with E-state index in [0.717, 1.165) is 24.2 Å². The summed E-state index contributed by atoms with van der Waals surface area (Å²) in [5.41, 5.74) is 0.779. The van der Waals surface area contributed by atoms with E-state index in [4.69, 9.17) is 21.1 Å². The molecule has 0 aliphatic carbocycles. The first-order valence-corrected chi connectivity index (χ1v) is 13.7. The summed E-state index contributed by atoms with van der Waals surface area (Å²) in [6.45, 7) is 3.83. The number of Topliss-reactive ketones (excluding diaryl/α,β-unsaturated/α-hetero) is 1. The fourth-order valence-corrected chi connectivity index (χ4v) is 4.02. The molecule has 1 aromatic rings. The maximum Gasteiger partial charge on any atom is 0.162 e. The van der Waals surface area contributed by atoms with E-state index in [2.05, 4.69) is 6.92 Å². The van der Waals surface area contributed by atoms with Gasteiger partial charge in [0.25, 0.3) is 0 Å². The lowest BCUT2D eigenvalue weighted by Crippen LogP contribution is -2.08. The zero-order chi connectivity index (χ0) is 23.1. The van der Waals surface area contributed by atoms with Gasteiger partial charge in [-0.05, 0) is 30.7 Å². The summed E-state index contributed by atoms with van der Waals surface area (Å²) in [5, 5.41) is 0. The molecule has 0 N–H and O–H groups in total. The summed E-state index contributed by atoms with van der Waals surface area (Å²) in [4.78, 5) is 12.3. The number of hydrogen-bond acceptors (Lipinski definition) is 3. The van der Waals surface area contributed by atoms with Gasteiger partial charge in [-0.3, -0.25) is 4.79 Å². The Morgan fingerprint density at radius 2 is 1.19 bits per heavy atom. The van der Waals surface area contributed by atoms with Crippen LogP contribution in [0.3, 0.4) is 0 Å². The Hall–Kier alpha value is -1.06. The van der Waals surface area contributed by atoms with Crippen LogP contribution in [0.15, 0.2) is 24.3 Å². The standard InChI is InChI=1S/C28H47ClO3/c1-2-3-4-5-6-7-8-9-10-11-12-13-14-15-16-17-28(30)26-18-20-27(21-19-26)32-25-24-31-23-22-29/h18-21H,2-17,22-25H2,1H3. The monoisotopic (exact) mass is 466 g/mol. The molecule has 0 saturated carbocycles. The third kappa shape index (κ3) is 16.6. The van der Waals surface area contributed by atoms with Gasteiger partial charge in [-0.25, -0.2) is 0 Å². The normalized spacial score (nSPS) is 11.1. The highest BCUT2D eigenvalue weighted by Gasteiger charge is 2.06. The van der Waals surface area contributed by atoms with E-state index in [1.807, 2.05) is 24.3 Å². The molecular formula is C28H47ClO3. The second-order valence-electron chi connectivity index (χ2n) is 8.80. The molecule has 0 aliphatic rings. The van der Waals surface area contributed by atoms with Crippen LogP contribution in [0, 0.1) is 0 Å². The van der Waals surface area contributed by atoms with E-state index < -0.39 is 0 Å². The smallest absolute Gasteiger partial charge is 0.162 e. The first-order valence-electron chi connectivity index (χ1n) is 13.2. The number of carbonyl (C=O) groups excluding carboxylic acids is 1. The lowest BCUT2D eigenvalue weighted by molar-refractivity contribution is 0.0978. The maximum atomic E-state index is 12.3. The number of benzene rings is 1. The van der Waals surface area contributed by atoms with Crippen molar-refractivity contribution in [1.29, 1.82) is 0 Å². The summed E-state index contributed by atoms with van der Waals surface area (Å²) in [6.07, 6.45) is 20.8. The number of ketones is 1. The summed E-state index contributed by atoms with van der Waals surface area (Å²) in [7, 11) is 0. The molecule has 1 rings (SSSR count). The van der Waals surface area contributed by atoms with Crippen molar-refractivity contribution < 1.29 is 14.3 Å². The van der Waals surface area contributed by atoms with Gasteiger partial charge >= 0.3 is 0 Å². The fraction of sp³-hybridized carbons (Fsp3) is 0.750. The largest absolute Gasteiger partial charge is 0.491 e. The van der Waals surface area contributed by atoms with Crippen LogP contribution in [-0.4, -0.2) is 31.5 Å². The molecule has 184 valence electrons. The van der Waals surface area contributed by atoms with Gasteiger partial charge in [-0.1, -0.05) is 96.8 Å². The van der Waals surface area contributed by atoms with Gasteiger partial charge in [-0.2, -0.15) is 0 Å². The number of halogens is 1. The van der Waals surface area contributed by atoms with Crippen LogP contribution in [0.4, 0.5) is 0 Å². The third-order valence-electron chi connectivity index (χ3n) is 5.90. The van der Waals surface area contributed by atoms with E-state index in [-0.39, 0.29) is 5.78 Å². The molecule has 0 heterocycles. The van der Waals surface area contributed by atoms with Crippen molar-refractivity contribution in [2.45, 2.75) is 110 Å². The molecule has 0 atom stereocenters. The van der Waals surface area contributed by atoms with E-state index in [1.54, 1.807) is 0 Å². The average molecular weight is 467 g/mol. The molecule has 0 fully saturated rings. The predicted octanol–water partition coefficient (Wildman–Crippen LogP) is 8.77. The highest BCUT2D eigenvalue weighted by atomic mass is 35.5. The Morgan fingerprint density at radius 3 is 1.69 bits per heavy atom. The van der Waals surface area contributed by atoms with Crippen LogP contribution < -0.4 is 4.74 Å². The Morgan fingerprint density at radius 1 is 0.688 bits per heavy atom. The van der Waals surface area contributed by atoms with Gasteiger partial charge in [0.2, 0.25) is 0 Å². The molecule has 4 heteroatoms. The van der Waals surface area contributed by atoms with Gasteiger partial charge < -0.3 is 9.47 Å². The van der Waals surface area contributed by atoms with Gasteiger partial charge in [0, 0.05) is 17.9 Å². The first kappa shape index (κ1) is 29.0. The number of alkyl halides is 1. The van der Waals surface area contributed by atoms with Crippen molar-refractivity contribution in [2.75, 3.05) is 25.7 Å². The zero-order valence-corrected chi connectivity index (χ0v) is 21.3. The number of hydrogen-bond donors (Lipinski definition) is 0. The molecule has 32 heavy (non-hydrogen) atoms. The highest BCUT2D eigenvalue weighted by molar-refractivity contribution is 6.17. The lowest BCUT2D eigenvalue weighted by atomic mass is 10.0. The van der Waals surface area contributed by atoms with Crippen molar-refractivity contribution >= 4 is 17.4 Å². The topological polar surface area (TPSA) is 35.5 Å². The van der Waals surface area contributed by atoms with Gasteiger partial charge in [0.1, 0.15) is 12.4 Å². The van der Waals surface area contributed by atoms with E-state index in [9.17, 15) is 4.79 Å². The summed E-state index contributed by atoms with van der Waals surface area (Å²) in [5.74, 6) is 1.50. The van der Waals surface area contributed by atoms with Crippen molar-refractivity contribution in [2.24, 2.45) is 0 Å². The van der Waals surface area contributed by atoms with Crippen LogP contribution in [0.5, 0.6) is 5.75 Å². The average Bonchev–Trinajstić information content (AvgIpc) is 2.81. The Labute approximate surface area is 202 Å². The van der Waals surface area contributed by atoms with Crippen LogP contribution in [-0.2, 0) is 4.74 Å². The minimum Gasteiger partial charge on any atom is -0.491 e. The fourth-order valence-electron chi connectivity index (χ4n) is 3.91. The second-order valence-corrected chi connectivity index (χ2v) is 9.18. The minimum atomic E-state index is 0.233. The van der Waals surface area contributed by atoms with Crippen LogP contribution in [0.2, 0.25) is 0 Å². The van der Waals surface area contributed by atoms with E-state index in [0.29, 0.717) is 32.1 Å². The minimum absolute atomic E-state index is 0.233. The lowest BCUT2D eigenvalue weighted by Gasteiger charge is -2.07. The molecule has 0 unspecified atom stereocenters. The molecule has 0 amide bonds. The number of carbonyl (C=O) groups is 1. The SMILES string of the molecule is CCCCCCCCCCCCCCCCCC(=O)c1ccc(OCCOCCCl)cc1. The Kier molecular flexibility index (Phi) is 19.7. The molecule has 3 nitrogen and oxygen atoms in total. The Balaban J connectivity index is 1.93. The van der Waals surface area contributed by atoms with Crippen molar-refractivity contribution in [1.82, 2.24) is 0 Å². The molecule has 0 saturated heterocycles. The molecular weight excluding hydrogens is 420 g/mol. The maximum absolute atomic E-state index is 12.3. The summed E-state index contributed by atoms with van der Waals surface area (Å²) < 4.78 is 10.9. The zero-order valence-electron chi connectivity index (χ0n) is 20.6.